The molecule has 0 spiro atoms. The molecule has 0 bridgehead atoms. The van der Waals surface area contributed by atoms with Crippen molar-refractivity contribution in [1.82, 2.24) is 29.7 Å². The number of ether oxygens (including phenoxy) is 2. The zero-order valence-corrected chi connectivity index (χ0v) is 28.3. The minimum absolute atomic E-state index is 0.238. The molecule has 2 aromatic rings. The second-order valence-electron chi connectivity index (χ2n) is 12.6. The molecule has 2 aliphatic rings. The van der Waals surface area contributed by atoms with Crippen molar-refractivity contribution in [1.29, 1.82) is 0 Å². The standard InChI is InChI=1S/C17H28N4O2.C13H19BrN4O2/c1-5-6-7-14-12-19-15(13-18-14)20-8-10-21(11-9-20)16(22)23-17(2,3)4;1-13(2,3)20-12(19)18-6-4-17(5-7-18)11-9-15-10(14)8-16-11/h12-13H,5-11H2,1-4H3;8-9H,4-7H2,1-3H3. The van der Waals surface area contributed by atoms with Gasteiger partial charge in [-0.25, -0.2) is 24.5 Å². The Morgan fingerprint density at radius 3 is 1.49 bits per heavy atom. The highest BCUT2D eigenvalue weighted by Crippen LogP contribution is 2.18. The molecule has 0 N–H and O–H groups in total. The molecule has 2 fully saturated rings. The topological polar surface area (TPSA) is 117 Å². The summed E-state index contributed by atoms with van der Waals surface area (Å²) in [5.41, 5.74) is 0.141. The van der Waals surface area contributed by atoms with Crippen molar-refractivity contribution < 1.29 is 19.1 Å². The van der Waals surface area contributed by atoms with Crippen LogP contribution in [-0.2, 0) is 15.9 Å². The number of rotatable bonds is 5. The molecule has 238 valence electrons. The Morgan fingerprint density at radius 2 is 1.14 bits per heavy atom. The van der Waals surface area contributed by atoms with E-state index in [2.05, 4.69) is 52.6 Å². The average Bonchev–Trinajstić information content (AvgIpc) is 2.95. The average molecular weight is 664 g/mol. The van der Waals surface area contributed by atoms with E-state index >= 15 is 0 Å². The lowest BCUT2D eigenvalue weighted by molar-refractivity contribution is 0.0230. The summed E-state index contributed by atoms with van der Waals surface area (Å²) in [5.74, 6) is 1.71. The third-order valence-corrected chi connectivity index (χ3v) is 7.01. The van der Waals surface area contributed by atoms with Crippen LogP contribution in [0.15, 0.2) is 29.4 Å². The molecule has 2 aromatic heterocycles. The van der Waals surface area contributed by atoms with Gasteiger partial charge in [0, 0.05) is 52.4 Å². The Balaban J connectivity index is 0.000000238. The molecule has 4 rings (SSSR count). The maximum atomic E-state index is 12.1. The third kappa shape index (κ3) is 11.8. The van der Waals surface area contributed by atoms with Gasteiger partial charge in [0.15, 0.2) is 0 Å². The van der Waals surface area contributed by atoms with Crippen molar-refractivity contribution in [3.8, 4) is 0 Å². The van der Waals surface area contributed by atoms with Crippen LogP contribution >= 0.6 is 15.9 Å². The quantitative estimate of drug-likeness (QED) is 0.424. The maximum Gasteiger partial charge on any atom is 0.410 e. The van der Waals surface area contributed by atoms with Gasteiger partial charge >= 0.3 is 12.2 Å². The number of nitrogens with zero attached hydrogens (tertiary/aromatic N) is 8. The highest BCUT2D eigenvalue weighted by molar-refractivity contribution is 9.10. The summed E-state index contributed by atoms with van der Waals surface area (Å²) in [6.45, 7) is 19.0. The molecule has 0 unspecified atom stereocenters. The first-order chi connectivity index (χ1) is 20.2. The lowest BCUT2D eigenvalue weighted by atomic mass is 10.2. The Labute approximate surface area is 264 Å². The number of unbranched alkanes of at least 4 members (excludes halogenated alkanes) is 1. The Bertz CT molecular complexity index is 1150. The number of halogens is 1. The minimum atomic E-state index is -0.453. The Kier molecular flexibility index (Phi) is 12.3. The SMILES string of the molecule is CC(C)(C)OC(=O)N1CCN(c2cnc(Br)cn2)CC1.CCCCc1cnc(N2CCN(C(=O)OC(C)(C)C)CC2)cn1. The van der Waals surface area contributed by atoms with Crippen LogP contribution in [0.2, 0.25) is 0 Å². The second-order valence-corrected chi connectivity index (χ2v) is 13.4. The molecule has 0 atom stereocenters. The largest absolute Gasteiger partial charge is 0.444 e. The summed E-state index contributed by atoms with van der Waals surface area (Å²) in [6, 6.07) is 0. The van der Waals surface area contributed by atoms with E-state index in [9.17, 15) is 9.59 Å². The van der Waals surface area contributed by atoms with E-state index in [1.807, 2.05) is 53.9 Å². The lowest BCUT2D eigenvalue weighted by Gasteiger charge is -2.36. The van der Waals surface area contributed by atoms with Crippen molar-refractivity contribution in [3.63, 3.8) is 0 Å². The Hall–Kier alpha value is -3.22. The smallest absolute Gasteiger partial charge is 0.410 e. The van der Waals surface area contributed by atoms with Crippen LogP contribution in [0.4, 0.5) is 21.2 Å². The monoisotopic (exact) mass is 662 g/mol. The fourth-order valence-electron chi connectivity index (χ4n) is 4.36. The molecular formula is C30H47BrN8O4. The van der Waals surface area contributed by atoms with Gasteiger partial charge in [0.2, 0.25) is 0 Å². The van der Waals surface area contributed by atoms with Gasteiger partial charge in [-0.05, 0) is 70.3 Å². The van der Waals surface area contributed by atoms with Crippen molar-refractivity contribution in [2.45, 2.75) is 78.9 Å². The minimum Gasteiger partial charge on any atom is -0.444 e. The van der Waals surface area contributed by atoms with Gasteiger partial charge in [0.25, 0.3) is 0 Å². The molecule has 4 heterocycles. The van der Waals surface area contributed by atoms with Crippen molar-refractivity contribution in [2.75, 3.05) is 62.2 Å². The van der Waals surface area contributed by atoms with Crippen LogP contribution in [0.1, 0.15) is 67.0 Å². The molecule has 0 radical (unpaired) electrons. The fraction of sp³-hybridized carbons (Fsp3) is 0.667. The predicted molar refractivity (Wildman–Crippen MR) is 170 cm³/mol. The van der Waals surface area contributed by atoms with Gasteiger partial charge in [-0.15, -0.1) is 0 Å². The van der Waals surface area contributed by atoms with Crippen LogP contribution in [0.25, 0.3) is 0 Å². The molecule has 0 aliphatic carbocycles. The first-order valence-corrected chi connectivity index (χ1v) is 15.8. The van der Waals surface area contributed by atoms with Gasteiger partial charge in [0.05, 0.1) is 30.5 Å². The summed E-state index contributed by atoms with van der Waals surface area (Å²) < 4.78 is 11.5. The summed E-state index contributed by atoms with van der Waals surface area (Å²) in [6.07, 6.45) is 9.91. The van der Waals surface area contributed by atoms with E-state index < -0.39 is 11.2 Å². The molecule has 0 aromatic carbocycles. The summed E-state index contributed by atoms with van der Waals surface area (Å²) >= 11 is 3.26. The first-order valence-electron chi connectivity index (χ1n) is 15.0. The van der Waals surface area contributed by atoms with Crippen LogP contribution < -0.4 is 9.80 Å². The van der Waals surface area contributed by atoms with Gasteiger partial charge in [-0.3, -0.25) is 4.98 Å². The molecular weight excluding hydrogens is 616 g/mol. The van der Waals surface area contributed by atoms with E-state index in [-0.39, 0.29) is 12.2 Å². The van der Waals surface area contributed by atoms with Crippen molar-refractivity contribution in [3.05, 3.63) is 35.1 Å². The highest BCUT2D eigenvalue weighted by atomic mass is 79.9. The van der Waals surface area contributed by atoms with E-state index in [4.69, 9.17) is 9.47 Å². The molecule has 0 saturated carbocycles. The van der Waals surface area contributed by atoms with Crippen LogP contribution in [0.3, 0.4) is 0 Å². The zero-order valence-electron chi connectivity index (χ0n) is 26.7. The number of hydrogen-bond donors (Lipinski definition) is 0. The maximum absolute atomic E-state index is 12.1. The molecule has 13 heteroatoms. The van der Waals surface area contributed by atoms with Crippen molar-refractivity contribution in [2.24, 2.45) is 0 Å². The van der Waals surface area contributed by atoms with Gasteiger partial charge in [-0.1, -0.05) is 13.3 Å². The number of aromatic nitrogens is 4. The van der Waals surface area contributed by atoms with E-state index in [0.717, 1.165) is 62.8 Å². The number of aryl methyl sites for hydroxylation is 1. The molecule has 43 heavy (non-hydrogen) atoms. The molecule has 12 nitrogen and oxygen atoms in total. The fourth-order valence-corrected chi connectivity index (χ4v) is 4.56. The van der Waals surface area contributed by atoms with E-state index in [1.165, 1.54) is 0 Å². The van der Waals surface area contributed by atoms with E-state index in [0.29, 0.717) is 30.8 Å². The van der Waals surface area contributed by atoms with Gasteiger partial charge in [-0.2, -0.15) is 0 Å². The molecule has 2 amide bonds. The number of anilines is 2. The van der Waals surface area contributed by atoms with Crippen LogP contribution in [-0.4, -0.2) is 105 Å². The van der Waals surface area contributed by atoms with Gasteiger partial charge in [0.1, 0.15) is 27.4 Å². The van der Waals surface area contributed by atoms with Crippen LogP contribution in [0, 0.1) is 0 Å². The number of amides is 2. The summed E-state index contributed by atoms with van der Waals surface area (Å²) in [4.78, 5) is 49.2. The number of piperazine rings is 2. The number of carbonyl (C=O) groups excluding carboxylic acids is 2. The normalized spacial score (nSPS) is 15.9. The number of carbonyl (C=O) groups is 2. The van der Waals surface area contributed by atoms with Crippen LogP contribution in [0.5, 0.6) is 0 Å². The predicted octanol–water partition coefficient (Wildman–Crippen LogP) is 5.17. The van der Waals surface area contributed by atoms with Gasteiger partial charge < -0.3 is 29.1 Å². The summed E-state index contributed by atoms with van der Waals surface area (Å²) in [5, 5.41) is 0. The highest BCUT2D eigenvalue weighted by Gasteiger charge is 2.27. The zero-order chi connectivity index (χ0) is 31.6. The van der Waals surface area contributed by atoms with E-state index in [1.54, 1.807) is 22.2 Å². The molecule has 2 aliphatic heterocycles. The summed E-state index contributed by atoms with van der Waals surface area (Å²) in [7, 11) is 0. The Morgan fingerprint density at radius 1 is 0.698 bits per heavy atom. The second kappa shape index (κ2) is 15.5. The van der Waals surface area contributed by atoms with Crippen molar-refractivity contribution >= 4 is 39.8 Å². The molecule has 2 saturated heterocycles. The number of hydrogen-bond acceptors (Lipinski definition) is 10. The first kappa shape index (κ1) is 34.3. The lowest BCUT2D eigenvalue weighted by Crippen LogP contribution is -2.50. The third-order valence-electron chi connectivity index (χ3n) is 6.60.